The van der Waals surface area contributed by atoms with Gasteiger partial charge in [0.05, 0.1) is 10.7 Å². The molecule has 0 aliphatic carbocycles. The zero-order chi connectivity index (χ0) is 19.5. The van der Waals surface area contributed by atoms with E-state index in [-0.39, 0.29) is 0 Å². The van der Waals surface area contributed by atoms with Crippen LogP contribution in [0.1, 0.15) is 11.1 Å². The van der Waals surface area contributed by atoms with Gasteiger partial charge in [0.25, 0.3) is 0 Å². The van der Waals surface area contributed by atoms with Crippen LogP contribution >= 0.6 is 11.6 Å². The summed E-state index contributed by atoms with van der Waals surface area (Å²) >= 11 is 6.41. The molecule has 0 atom stereocenters. The van der Waals surface area contributed by atoms with Crippen molar-refractivity contribution in [3.63, 3.8) is 0 Å². The van der Waals surface area contributed by atoms with Gasteiger partial charge in [-0.2, -0.15) is 4.98 Å². The lowest BCUT2D eigenvalue weighted by atomic mass is 10.1. The van der Waals surface area contributed by atoms with E-state index in [2.05, 4.69) is 41.1 Å². The average molecular weight is 396 g/mol. The maximum atomic E-state index is 6.41. The van der Waals surface area contributed by atoms with Crippen LogP contribution in [0.4, 0.5) is 23.4 Å². The Morgan fingerprint density at radius 2 is 1.54 bits per heavy atom. The van der Waals surface area contributed by atoms with Gasteiger partial charge < -0.3 is 15.1 Å². The van der Waals surface area contributed by atoms with Gasteiger partial charge in [-0.25, -0.2) is 15.0 Å². The zero-order valence-corrected chi connectivity index (χ0v) is 16.7. The predicted molar refractivity (Wildman–Crippen MR) is 113 cm³/mol. The first-order chi connectivity index (χ1) is 13.6. The molecule has 7 nitrogen and oxygen atoms in total. The highest BCUT2D eigenvalue weighted by atomic mass is 35.5. The van der Waals surface area contributed by atoms with E-state index in [0.29, 0.717) is 11.0 Å². The van der Waals surface area contributed by atoms with Crippen LogP contribution in [-0.4, -0.2) is 46.1 Å². The Kier molecular flexibility index (Phi) is 5.25. The van der Waals surface area contributed by atoms with Crippen molar-refractivity contribution in [2.45, 2.75) is 13.8 Å². The van der Waals surface area contributed by atoms with Crippen LogP contribution in [-0.2, 0) is 0 Å². The monoisotopic (exact) mass is 395 g/mol. The fraction of sp³-hybridized carbons (Fsp3) is 0.300. The summed E-state index contributed by atoms with van der Waals surface area (Å²) < 4.78 is 0. The van der Waals surface area contributed by atoms with Gasteiger partial charge in [0.1, 0.15) is 5.82 Å². The van der Waals surface area contributed by atoms with Crippen molar-refractivity contribution in [1.82, 2.24) is 19.9 Å². The largest absolute Gasteiger partial charge is 0.339 e. The summed E-state index contributed by atoms with van der Waals surface area (Å²) in [5.74, 6) is 2.20. The van der Waals surface area contributed by atoms with E-state index in [0.717, 1.165) is 54.8 Å². The van der Waals surface area contributed by atoms with Crippen LogP contribution in [0.15, 0.2) is 42.9 Å². The molecule has 1 aromatic carbocycles. The topological polar surface area (TPSA) is 70.1 Å². The van der Waals surface area contributed by atoms with Crippen molar-refractivity contribution in [3.05, 3.63) is 59.0 Å². The Labute approximate surface area is 169 Å². The molecule has 0 spiro atoms. The van der Waals surface area contributed by atoms with E-state index in [9.17, 15) is 0 Å². The minimum absolute atomic E-state index is 0.689. The molecule has 0 bridgehead atoms. The number of aryl methyl sites for hydroxylation is 2. The molecule has 1 fully saturated rings. The SMILES string of the molecule is Cc1cc(C)c(Nc2ccnc(N3CCN(c4ncccn4)CC3)n2)c(Cl)c1. The lowest BCUT2D eigenvalue weighted by Crippen LogP contribution is -2.47. The van der Waals surface area contributed by atoms with Crippen LogP contribution in [0.2, 0.25) is 5.02 Å². The van der Waals surface area contributed by atoms with Gasteiger partial charge >= 0.3 is 0 Å². The molecule has 1 N–H and O–H groups in total. The molecule has 4 rings (SSSR count). The molecule has 3 heterocycles. The van der Waals surface area contributed by atoms with Gasteiger partial charge in [-0.05, 0) is 43.2 Å². The molecular formula is C20H22ClN7. The van der Waals surface area contributed by atoms with E-state index in [1.54, 1.807) is 18.6 Å². The fourth-order valence-corrected chi connectivity index (χ4v) is 3.70. The molecule has 0 radical (unpaired) electrons. The van der Waals surface area contributed by atoms with E-state index >= 15 is 0 Å². The number of nitrogens with zero attached hydrogens (tertiary/aromatic N) is 6. The predicted octanol–water partition coefficient (Wildman–Crippen LogP) is 3.61. The molecule has 0 unspecified atom stereocenters. The number of hydrogen-bond acceptors (Lipinski definition) is 7. The molecule has 3 aromatic rings. The van der Waals surface area contributed by atoms with E-state index in [4.69, 9.17) is 11.6 Å². The highest BCUT2D eigenvalue weighted by molar-refractivity contribution is 6.33. The third-order valence-electron chi connectivity index (χ3n) is 4.73. The summed E-state index contributed by atoms with van der Waals surface area (Å²) in [7, 11) is 0. The second-order valence-electron chi connectivity index (χ2n) is 6.83. The summed E-state index contributed by atoms with van der Waals surface area (Å²) in [6, 6.07) is 7.73. The maximum absolute atomic E-state index is 6.41. The number of piperazine rings is 1. The third-order valence-corrected chi connectivity index (χ3v) is 5.02. The fourth-order valence-electron chi connectivity index (χ4n) is 3.33. The van der Waals surface area contributed by atoms with Crippen molar-refractivity contribution < 1.29 is 0 Å². The average Bonchev–Trinajstić information content (AvgIpc) is 2.72. The minimum atomic E-state index is 0.689. The van der Waals surface area contributed by atoms with E-state index in [1.807, 2.05) is 32.0 Å². The minimum Gasteiger partial charge on any atom is -0.339 e. The lowest BCUT2D eigenvalue weighted by Gasteiger charge is -2.34. The highest BCUT2D eigenvalue weighted by Crippen LogP contribution is 2.30. The first-order valence-corrected chi connectivity index (χ1v) is 9.62. The van der Waals surface area contributed by atoms with Gasteiger partial charge in [0.15, 0.2) is 0 Å². The van der Waals surface area contributed by atoms with Crippen molar-refractivity contribution >= 4 is 35.0 Å². The van der Waals surface area contributed by atoms with E-state index < -0.39 is 0 Å². The van der Waals surface area contributed by atoms with Gasteiger partial charge in [0, 0.05) is 44.8 Å². The second-order valence-corrected chi connectivity index (χ2v) is 7.24. The molecule has 1 aliphatic heterocycles. The van der Waals surface area contributed by atoms with Gasteiger partial charge in [-0.1, -0.05) is 17.7 Å². The quantitative estimate of drug-likeness (QED) is 0.723. The second kappa shape index (κ2) is 7.98. The smallest absolute Gasteiger partial charge is 0.227 e. The van der Waals surface area contributed by atoms with Gasteiger partial charge in [0.2, 0.25) is 11.9 Å². The zero-order valence-electron chi connectivity index (χ0n) is 15.9. The van der Waals surface area contributed by atoms with Crippen molar-refractivity contribution in [1.29, 1.82) is 0 Å². The van der Waals surface area contributed by atoms with Crippen molar-refractivity contribution in [3.8, 4) is 0 Å². The number of hydrogen-bond donors (Lipinski definition) is 1. The van der Waals surface area contributed by atoms with Gasteiger partial charge in [-0.3, -0.25) is 0 Å². The molecular weight excluding hydrogens is 374 g/mol. The molecule has 8 heteroatoms. The van der Waals surface area contributed by atoms with Crippen molar-refractivity contribution in [2.24, 2.45) is 0 Å². The summed E-state index contributed by atoms with van der Waals surface area (Å²) in [5.41, 5.74) is 3.10. The Balaban J connectivity index is 1.46. The van der Waals surface area contributed by atoms with Crippen LogP contribution in [0.25, 0.3) is 0 Å². The van der Waals surface area contributed by atoms with Gasteiger partial charge in [-0.15, -0.1) is 0 Å². The first kappa shape index (κ1) is 18.4. The number of benzene rings is 1. The Bertz CT molecular complexity index is 933. The summed E-state index contributed by atoms with van der Waals surface area (Å²) in [6.45, 7) is 7.35. The molecule has 0 saturated carbocycles. The Morgan fingerprint density at radius 1 is 0.893 bits per heavy atom. The standard InChI is InChI=1S/C20H22ClN7/c1-14-12-15(2)18(16(21)13-14)25-17-4-7-24-20(26-17)28-10-8-27(9-11-28)19-22-5-3-6-23-19/h3-7,12-13H,8-11H2,1-2H3,(H,24,25,26). The number of aromatic nitrogens is 4. The van der Waals surface area contributed by atoms with Crippen LogP contribution < -0.4 is 15.1 Å². The number of nitrogens with one attached hydrogen (secondary N) is 1. The lowest BCUT2D eigenvalue weighted by molar-refractivity contribution is 0.628. The van der Waals surface area contributed by atoms with Crippen molar-refractivity contribution in [2.75, 3.05) is 41.3 Å². The number of halogens is 1. The molecule has 2 aromatic heterocycles. The molecule has 1 saturated heterocycles. The maximum Gasteiger partial charge on any atom is 0.227 e. The molecule has 144 valence electrons. The summed E-state index contributed by atoms with van der Waals surface area (Å²) in [4.78, 5) is 22.1. The molecule has 0 amide bonds. The van der Waals surface area contributed by atoms with Crippen LogP contribution in [0.3, 0.4) is 0 Å². The normalized spacial score (nSPS) is 14.2. The summed E-state index contributed by atoms with van der Waals surface area (Å²) in [5, 5.41) is 4.03. The Hall–Kier alpha value is -2.93. The van der Waals surface area contributed by atoms with Crippen LogP contribution in [0.5, 0.6) is 0 Å². The molecule has 28 heavy (non-hydrogen) atoms. The third kappa shape index (κ3) is 3.99. The summed E-state index contributed by atoms with van der Waals surface area (Å²) in [6.07, 6.45) is 5.31. The van der Waals surface area contributed by atoms with Crippen LogP contribution in [0, 0.1) is 13.8 Å². The molecule has 1 aliphatic rings. The number of rotatable bonds is 4. The number of anilines is 4. The Morgan fingerprint density at radius 3 is 2.21 bits per heavy atom. The highest BCUT2D eigenvalue weighted by Gasteiger charge is 2.21. The van der Waals surface area contributed by atoms with E-state index in [1.165, 1.54) is 0 Å². The first-order valence-electron chi connectivity index (χ1n) is 9.24.